The van der Waals surface area contributed by atoms with E-state index in [1.807, 2.05) is 31.5 Å². The standard InChI is InChI=1S/C17H20N6O2/c1-9-19-15(14-17(20-9)25-10(2)21-14)23-6-5-11-7-12(16(24)18-3)22(4)13(11)8-23/h7H,5-6,8H2,1-4H3,(H,18,24). The van der Waals surface area contributed by atoms with Crippen molar-refractivity contribution in [1.82, 2.24) is 24.8 Å². The van der Waals surface area contributed by atoms with Crippen LogP contribution in [0.2, 0.25) is 0 Å². The van der Waals surface area contributed by atoms with E-state index in [9.17, 15) is 4.79 Å². The van der Waals surface area contributed by atoms with Gasteiger partial charge >= 0.3 is 0 Å². The highest BCUT2D eigenvalue weighted by atomic mass is 16.4. The van der Waals surface area contributed by atoms with Gasteiger partial charge in [-0.2, -0.15) is 4.98 Å². The first-order valence-corrected chi connectivity index (χ1v) is 8.24. The number of hydrogen-bond acceptors (Lipinski definition) is 6. The van der Waals surface area contributed by atoms with Gasteiger partial charge < -0.3 is 19.2 Å². The molecule has 0 saturated carbocycles. The molecule has 1 N–H and O–H groups in total. The maximum atomic E-state index is 12.0. The molecular formula is C17H20N6O2. The molecule has 0 spiro atoms. The SMILES string of the molecule is CNC(=O)c1cc2c(n1C)CN(c1nc(C)nc3oc(C)nc13)CC2. The summed E-state index contributed by atoms with van der Waals surface area (Å²) in [4.78, 5) is 27.6. The summed E-state index contributed by atoms with van der Waals surface area (Å²) in [7, 11) is 3.57. The number of fused-ring (bicyclic) bond motifs is 2. The average molecular weight is 340 g/mol. The van der Waals surface area contributed by atoms with Crippen LogP contribution >= 0.6 is 0 Å². The van der Waals surface area contributed by atoms with Crippen LogP contribution < -0.4 is 10.2 Å². The van der Waals surface area contributed by atoms with Gasteiger partial charge in [0.2, 0.25) is 0 Å². The zero-order valence-electron chi connectivity index (χ0n) is 14.8. The van der Waals surface area contributed by atoms with Crippen molar-refractivity contribution in [2.24, 2.45) is 7.05 Å². The van der Waals surface area contributed by atoms with Crippen molar-refractivity contribution in [3.8, 4) is 0 Å². The number of aryl methyl sites for hydroxylation is 2. The van der Waals surface area contributed by atoms with E-state index >= 15 is 0 Å². The molecule has 0 radical (unpaired) electrons. The summed E-state index contributed by atoms with van der Waals surface area (Å²) in [6.45, 7) is 5.13. The molecule has 0 bridgehead atoms. The number of nitrogens with zero attached hydrogens (tertiary/aromatic N) is 5. The van der Waals surface area contributed by atoms with Gasteiger partial charge in [0.05, 0.1) is 6.54 Å². The minimum atomic E-state index is -0.0733. The second kappa shape index (κ2) is 5.58. The fourth-order valence-corrected chi connectivity index (χ4v) is 3.41. The number of carbonyl (C=O) groups is 1. The summed E-state index contributed by atoms with van der Waals surface area (Å²) in [5, 5.41) is 2.69. The summed E-state index contributed by atoms with van der Waals surface area (Å²) >= 11 is 0. The number of amides is 1. The Balaban J connectivity index is 1.76. The van der Waals surface area contributed by atoms with Gasteiger partial charge in [-0.1, -0.05) is 0 Å². The molecule has 8 nitrogen and oxygen atoms in total. The summed E-state index contributed by atoms with van der Waals surface area (Å²) in [6, 6.07) is 1.98. The molecule has 0 unspecified atom stereocenters. The normalized spacial score (nSPS) is 14.0. The fourth-order valence-electron chi connectivity index (χ4n) is 3.41. The Bertz CT molecular complexity index is 987. The lowest BCUT2D eigenvalue weighted by Gasteiger charge is -2.29. The molecule has 1 aliphatic heterocycles. The lowest BCUT2D eigenvalue weighted by Crippen LogP contribution is -2.32. The van der Waals surface area contributed by atoms with Gasteiger partial charge in [0.1, 0.15) is 11.5 Å². The first-order valence-electron chi connectivity index (χ1n) is 8.24. The summed E-state index contributed by atoms with van der Waals surface area (Å²) in [5.74, 6) is 1.94. The molecule has 0 fully saturated rings. The molecule has 1 amide bonds. The van der Waals surface area contributed by atoms with E-state index in [1.165, 1.54) is 5.56 Å². The van der Waals surface area contributed by atoms with Crippen LogP contribution in [0.15, 0.2) is 10.5 Å². The van der Waals surface area contributed by atoms with Gasteiger partial charge in [-0.25, -0.2) is 9.97 Å². The van der Waals surface area contributed by atoms with E-state index in [-0.39, 0.29) is 5.91 Å². The van der Waals surface area contributed by atoms with Crippen molar-refractivity contribution in [1.29, 1.82) is 0 Å². The van der Waals surface area contributed by atoms with Gasteiger partial charge in [-0.05, 0) is 25.0 Å². The van der Waals surface area contributed by atoms with E-state index in [0.717, 1.165) is 24.5 Å². The van der Waals surface area contributed by atoms with Crippen LogP contribution in [-0.2, 0) is 20.0 Å². The zero-order chi connectivity index (χ0) is 17.7. The van der Waals surface area contributed by atoms with Crippen LogP contribution in [0, 0.1) is 13.8 Å². The predicted octanol–water partition coefficient (Wildman–Crippen LogP) is 1.50. The summed E-state index contributed by atoms with van der Waals surface area (Å²) < 4.78 is 7.53. The van der Waals surface area contributed by atoms with Gasteiger partial charge in [-0.3, -0.25) is 4.79 Å². The third-order valence-electron chi connectivity index (χ3n) is 4.66. The minimum absolute atomic E-state index is 0.0733. The Kier molecular flexibility index (Phi) is 3.48. The van der Waals surface area contributed by atoms with Crippen molar-refractivity contribution in [3.05, 3.63) is 34.7 Å². The Hall–Kier alpha value is -2.90. The van der Waals surface area contributed by atoms with Gasteiger partial charge in [-0.15, -0.1) is 0 Å². The highest BCUT2D eigenvalue weighted by Gasteiger charge is 2.26. The molecule has 8 heteroatoms. The third-order valence-corrected chi connectivity index (χ3v) is 4.66. The first kappa shape index (κ1) is 15.6. The van der Waals surface area contributed by atoms with Crippen molar-refractivity contribution >= 4 is 23.0 Å². The molecule has 1 aliphatic rings. The first-order chi connectivity index (χ1) is 12.0. The van der Waals surface area contributed by atoms with Crippen LogP contribution in [-0.4, -0.2) is 39.0 Å². The maximum Gasteiger partial charge on any atom is 0.267 e. The molecular weight excluding hydrogens is 320 g/mol. The Labute approximate surface area is 144 Å². The van der Waals surface area contributed by atoms with Gasteiger partial charge in [0, 0.05) is 33.3 Å². The highest BCUT2D eigenvalue weighted by Crippen LogP contribution is 2.30. The number of oxazole rings is 1. The Morgan fingerprint density at radius 2 is 2.08 bits per heavy atom. The predicted molar refractivity (Wildman–Crippen MR) is 92.6 cm³/mol. The zero-order valence-corrected chi connectivity index (χ0v) is 14.8. The van der Waals surface area contributed by atoms with Crippen LogP contribution in [0.5, 0.6) is 0 Å². The Morgan fingerprint density at radius 3 is 2.84 bits per heavy atom. The number of anilines is 1. The van der Waals surface area contributed by atoms with E-state index < -0.39 is 0 Å². The highest BCUT2D eigenvalue weighted by molar-refractivity contribution is 5.93. The van der Waals surface area contributed by atoms with Crippen LogP contribution in [0.4, 0.5) is 5.82 Å². The molecule has 4 heterocycles. The maximum absolute atomic E-state index is 12.0. The second-order valence-electron chi connectivity index (χ2n) is 6.29. The molecule has 0 aromatic carbocycles. The third kappa shape index (κ3) is 2.45. The quantitative estimate of drug-likeness (QED) is 0.760. The molecule has 3 aromatic rings. The number of nitrogens with one attached hydrogen (secondary N) is 1. The van der Waals surface area contributed by atoms with Gasteiger partial charge in [0.25, 0.3) is 11.6 Å². The van der Waals surface area contributed by atoms with E-state index in [1.54, 1.807) is 7.05 Å². The number of carbonyl (C=O) groups excluding carboxylic acids is 1. The number of hydrogen-bond donors (Lipinski definition) is 1. The monoisotopic (exact) mass is 340 g/mol. The van der Waals surface area contributed by atoms with Crippen molar-refractivity contribution in [3.63, 3.8) is 0 Å². The van der Waals surface area contributed by atoms with Crippen LogP contribution in [0.1, 0.15) is 33.5 Å². The average Bonchev–Trinajstić information content (AvgIpc) is 3.12. The second-order valence-corrected chi connectivity index (χ2v) is 6.29. The van der Waals surface area contributed by atoms with Crippen LogP contribution in [0.25, 0.3) is 11.2 Å². The lowest BCUT2D eigenvalue weighted by atomic mass is 10.1. The van der Waals surface area contributed by atoms with Gasteiger partial charge in [0.15, 0.2) is 17.2 Å². The van der Waals surface area contributed by atoms with Crippen molar-refractivity contribution in [2.45, 2.75) is 26.8 Å². The van der Waals surface area contributed by atoms with E-state index in [4.69, 9.17) is 4.42 Å². The largest absolute Gasteiger partial charge is 0.422 e. The van der Waals surface area contributed by atoms with Crippen molar-refractivity contribution in [2.75, 3.05) is 18.5 Å². The molecule has 4 rings (SSSR count). The Morgan fingerprint density at radius 1 is 1.28 bits per heavy atom. The smallest absolute Gasteiger partial charge is 0.267 e. The molecule has 0 atom stereocenters. The number of aromatic nitrogens is 4. The number of rotatable bonds is 2. The molecule has 0 saturated heterocycles. The molecule has 0 aliphatic carbocycles. The molecule has 3 aromatic heterocycles. The molecule has 130 valence electrons. The van der Waals surface area contributed by atoms with Crippen LogP contribution in [0.3, 0.4) is 0 Å². The van der Waals surface area contributed by atoms with E-state index in [0.29, 0.717) is 35.2 Å². The summed E-state index contributed by atoms with van der Waals surface area (Å²) in [5.41, 5.74) is 4.21. The van der Waals surface area contributed by atoms with Crippen molar-refractivity contribution < 1.29 is 9.21 Å². The fraction of sp³-hybridized carbons (Fsp3) is 0.412. The minimum Gasteiger partial charge on any atom is -0.422 e. The van der Waals surface area contributed by atoms with E-state index in [2.05, 4.69) is 25.2 Å². The lowest BCUT2D eigenvalue weighted by molar-refractivity contribution is 0.0954. The topological polar surface area (TPSA) is 89.1 Å². The summed E-state index contributed by atoms with van der Waals surface area (Å²) in [6.07, 6.45) is 0.849. The molecule has 25 heavy (non-hydrogen) atoms.